The lowest BCUT2D eigenvalue weighted by Crippen LogP contribution is -2.44. The number of anilines is 2. The molecular formula is C23H27N3O5S. The molecule has 2 N–H and O–H groups in total. The van der Waals surface area contributed by atoms with E-state index in [-0.39, 0.29) is 23.3 Å². The highest BCUT2D eigenvalue weighted by Gasteiger charge is 2.36. The summed E-state index contributed by atoms with van der Waals surface area (Å²) in [5.74, 6) is -0.513. The molecule has 2 heterocycles. The first-order valence-corrected chi connectivity index (χ1v) is 12.2. The Hall–Kier alpha value is -2.91. The molecule has 8 nitrogen and oxygen atoms in total. The van der Waals surface area contributed by atoms with Gasteiger partial charge in [-0.25, -0.2) is 8.42 Å². The van der Waals surface area contributed by atoms with Crippen molar-refractivity contribution in [3.63, 3.8) is 0 Å². The van der Waals surface area contributed by atoms with Crippen LogP contribution >= 0.6 is 0 Å². The molecule has 1 saturated heterocycles. The van der Waals surface area contributed by atoms with Crippen molar-refractivity contribution in [1.82, 2.24) is 4.31 Å². The van der Waals surface area contributed by atoms with Crippen molar-refractivity contribution in [2.45, 2.75) is 44.1 Å². The molecule has 0 bridgehead atoms. The van der Waals surface area contributed by atoms with Gasteiger partial charge in [0, 0.05) is 24.8 Å². The summed E-state index contributed by atoms with van der Waals surface area (Å²) in [4.78, 5) is 24.9. The predicted octanol–water partition coefficient (Wildman–Crippen LogP) is 3.14. The van der Waals surface area contributed by atoms with Crippen LogP contribution in [0.2, 0.25) is 0 Å². The van der Waals surface area contributed by atoms with Crippen LogP contribution in [0.25, 0.3) is 0 Å². The molecule has 2 aromatic carbocycles. The lowest BCUT2D eigenvalue weighted by atomic mass is 9.99. The highest BCUT2D eigenvalue weighted by Crippen LogP contribution is 2.36. The zero-order chi connectivity index (χ0) is 22.9. The van der Waals surface area contributed by atoms with E-state index in [1.807, 2.05) is 25.1 Å². The van der Waals surface area contributed by atoms with E-state index < -0.39 is 22.0 Å². The number of hydrogen-bond acceptors (Lipinski definition) is 5. The molecule has 2 aliphatic heterocycles. The van der Waals surface area contributed by atoms with Gasteiger partial charge in [-0.2, -0.15) is 4.31 Å². The molecule has 0 aromatic heterocycles. The fraction of sp³-hybridized carbons (Fsp3) is 0.391. The van der Waals surface area contributed by atoms with Gasteiger partial charge in [0.2, 0.25) is 15.9 Å². The fourth-order valence-electron chi connectivity index (χ4n) is 4.11. The number of nitrogens with zero attached hydrogens (tertiary/aromatic N) is 1. The minimum atomic E-state index is -3.84. The number of nitrogens with one attached hydrogen (secondary N) is 2. The summed E-state index contributed by atoms with van der Waals surface area (Å²) in [6.07, 6.45) is 1.05. The van der Waals surface area contributed by atoms with Gasteiger partial charge in [0.1, 0.15) is 5.75 Å². The summed E-state index contributed by atoms with van der Waals surface area (Å²) in [6, 6.07) is 12.2. The van der Waals surface area contributed by atoms with E-state index in [0.29, 0.717) is 48.5 Å². The molecule has 2 aromatic rings. The van der Waals surface area contributed by atoms with Gasteiger partial charge in [0.15, 0.2) is 6.10 Å². The summed E-state index contributed by atoms with van der Waals surface area (Å²) in [5, 5.41) is 5.65. The van der Waals surface area contributed by atoms with Gasteiger partial charge in [0.25, 0.3) is 5.91 Å². The number of carbonyl (C=O) groups excluding carboxylic acids is 2. The van der Waals surface area contributed by atoms with Crippen molar-refractivity contribution in [3.05, 3.63) is 48.0 Å². The average Bonchev–Trinajstić information content (AvgIpc) is 2.79. The van der Waals surface area contributed by atoms with Crippen LogP contribution in [0.3, 0.4) is 0 Å². The van der Waals surface area contributed by atoms with Gasteiger partial charge < -0.3 is 15.4 Å². The van der Waals surface area contributed by atoms with Gasteiger partial charge in [0.05, 0.1) is 16.5 Å². The second-order valence-electron chi connectivity index (χ2n) is 8.18. The third-order valence-corrected chi connectivity index (χ3v) is 7.89. The Morgan fingerprint density at radius 1 is 1.25 bits per heavy atom. The molecular weight excluding hydrogens is 430 g/mol. The molecule has 32 heavy (non-hydrogen) atoms. The monoisotopic (exact) mass is 457 g/mol. The highest BCUT2D eigenvalue weighted by atomic mass is 32.2. The molecule has 170 valence electrons. The summed E-state index contributed by atoms with van der Waals surface area (Å²) in [6.45, 7) is 3.99. The number of para-hydroxylation sites is 1. The molecule has 0 saturated carbocycles. The van der Waals surface area contributed by atoms with E-state index in [4.69, 9.17) is 4.74 Å². The van der Waals surface area contributed by atoms with E-state index in [0.717, 1.165) is 0 Å². The maximum Gasteiger partial charge on any atom is 0.265 e. The number of fused-ring (bicyclic) bond motifs is 1. The third-order valence-electron chi connectivity index (χ3n) is 5.88. The van der Waals surface area contributed by atoms with Gasteiger partial charge in [-0.15, -0.1) is 0 Å². The number of hydrogen-bond donors (Lipinski definition) is 2. The lowest BCUT2D eigenvalue weighted by Gasteiger charge is -2.32. The van der Waals surface area contributed by atoms with Crippen LogP contribution in [0.1, 0.15) is 31.7 Å². The number of carbonyl (C=O) groups is 2. The van der Waals surface area contributed by atoms with E-state index in [2.05, 4.69) is 10.6 Å². The van der Waals surface area contributed by atoms with Crippen LogP contribution in [0, 0.1) is 12.8 Å². The van der Waals surface area contributed by atoms with Crippen LogP contribution in [0.4, 0.5) is 11.4 Å². The quantitative estimate of drug-likeness (QED) is 0.718. The second-order valence-corrected chi connectivity index (χ2v) is 10.1. The van der Waals surface area contributed by atoms with Crippen molar-refractivity contribution in [2.24, 2.45) is 5.92 Å². The number of piperidine rings is 1. The van der Waals surface area contributed by atoms with Crippen LogP contribution in [0.5, 0.6) is 5.75 Å². The zero-order valence-electron chi connectivity index (χ0n) is 18.1. The Morgan fingerprint density at radius 2 is 2.00 bits per heavy atom. The fourth-order valence-corrected chi connectivity index (χ4v) is 5.86. The summed E-state index contributed by atoms with van der Waals surface area (Å²) in [5.41, 5.74) is 1.67. The van der Waals surface area contributed by atoms with Gasteiger partial charge >= 0.3 is 0 Å². The Morgan fingerprint density at radius 3 is 2.72 bits per heavy atom. The maximum atomic E-state index is 13.5. The lowest BCUT2D eigenvalue weighted by molar-refractivity contribution is -0.123. The topological polar surface area (TPSA) is 105 Å². The minimum absolute atomic E-state index is 0.118. The van der Waals surface area contributed by atoms with E-state index in [1.54, 1.807) is 25.1 Å². The molecule has 0 spiro atoms. The molecule has 0 aliphatic carbocycles. The molecule has 2 amide bonds. The molecule has 0 unspecified atom stereocenters. The van der Waals surface area contributed by atoms with E-state index in [9.17, 15) is 18.0 Å². The average molecular weight is 458 g/mol. The number of aryl methyl sites for hydroxylation is 1. The number of ether oxygens (including phenoxy) is 1. The normalized spacial score (nSPS) is 21.2. The molecule has 4 rings (SSSR count). The third kappa shape index (κ3) is 4.35. The van der Waals surface area contributed by atoms with Crippen LogP contribution in [-0.4, -0.2) is 43.7 Å². The molecule has 9 heteroatoms. The molecule has 1 fully saturated rings. The largest absolute Gasteiger partial charge is 0.478 e. The smallest absolute Gasteiger partial charge is 0.265 e. The number of sulfonamides is 1. The Labute approximate surface area is 188 Å². The predicted molar refractivity (Wildman–Crippen MR) is 121 cm³/mol. The standard InChI is InChI=1S/C23H27N3O5S/c1-3-19-23(28)25-18-12-15(2)21(13-20(18)31-19)32(29,30)26-11-7-8-16(14-26)22(27)24-17-9-5-4-6-10-17/h4-6,9-10,12-13,16,19H,3,7-8,11,14H2,1-2H3,(H,24,27)(H,25,28)/t16-,19-/m0/s1. The molecule has 2 atom stereocenters. The summed E-state index contributed by atoms with van der Waals surface area (Å²) >= 11 is 0. The highest BCUT2D eigenvalue weighted by molar-refractivity contribution is 7.89. The van der Waals surface area contributed by atoms with Gasteiger partial charge in [-0.3, -0.25) is 9.59 Å². The van der Waals surface area contributed by atoms with Crippen molar-refractivity contribution in [2.75, 3.05) is 23.7 Å². The first kappa shape index (κ1) is 22.3. The van der Waals surface area contributed by atoms with Crippen molar-refractivity contribution >= 4 is 33.2 Å². The van der Waals surface area contributed by atoms with E-state index in [1.165, 1.54) is 10.4 Å². The number of rotatable bonds is 5. The SMILES string of the molecule is CC[C@@H]1Oc2cc(S(=O)(=O)N3CCC[C@H](C(=O)Nc4ccccc4)C3)c(C)cc2NC1=O. The van der Waals surface area contributed by atoms with Crippen molar-refractivity contribution < 1.29 is 22.7 Å². The van der Waals surface area contributed by atoms with Gasteiger partial charge in [-0.1, -0.05) is 25.1 Å². The second kappa shape index (κ2) is 8.91. The first-order valence-electron chi connectivity index (χ1n) is 10.8. The Bertz CT molecular complexity index is 1130. The Kier molecular flexibility index (Phi) is 6.21. The number of benzene rings is 2. The number of amides is 2. The Balaban J connectivity index is 1.55. The summed E-state index contributed by atoms with van der Waals surface area (Å²) < 4.78 is 34.1. The minimum Gasteiger partial charge on any atom is -0.478 e. The maximum absolute atomic E-state index is 13.5. The van der Waals surface area contributed by atoms with Gasteiger partial charge in [-0.05, 0) is 49.9 Å². The van der Waals surface area contributed by atoms with Crippen molar-refractivity contribution in [3.8, 4) is 5.75 Å². The van der Waals surface area contributed by atoms with Crippen LogP contribution in [-0.2, 0) is 19.6 Å². The van der Waals surface area contributed by atoms with Crippen LogP contribution in [0.15, 0.2) is 47.4 Å². The molecule has 0 radical (unpaired) electrons. The van der Waals surface area contributed by atoms with Crippen LogP contribution < -0.4 is 15.4 Å². The zero-order valence-corrected chi connectivity index (χ0v) is 18.9. The van der Waals surface area contributed by atoms with E-state index >= 15 is 0 Å². The first-order chi connectivity index (χ1) is 15.3. The van der Waals surface area contributed by atoms with Crippen molar-refractivity contribution in [1.29, 1.82) is 0 Å². The summed E-state index contributed by atoms with van der Waals surface area (Å²) in [7, 11) is -3.84. The molecule has 2 aliphatic rings.